The summed E-state index contributed by atoms with van der Waals surface area (Å²) in [6.45, 7) is 0. The summed E-state index contributed by atoms with van der Waals surface area (Å²) in [5, 5.41) is 7.33. The van der Waals surface area contributed by atoms with Crippen molar-refractivity contribution in [3.8, 4) is 56.4 Å². The van der Waals surface area contributed by atoms with Gasteiger partial charge in [0.05, 0.1) is 0 Å². The number of hydrogen-bond donors (Lipinski definition) is 0. The fourth-order valence-corrected chi connectivity index (χ4v) is 8.19. The largest absolute Gasteiger partial charge is 0.208 e. The van der Waals surface area contributed by atoms with Crippen LogP contribution in [0.25, 0.3) is 98.1 Å². The third-order valence-electron chi connectivity index (χ3n) is 9.03. The van der Waals surface area contributed by atoms with E-state index in [1.165, 1.54) is 58.6 Å². The summed E-state index contributed by atoms with van der Waals surface area (Å²) in [5.74, 6) is 2.04. The zero-order valence-corrected chi connectivity index (χ0v) is 24.8. The average molecular weight is 590 g/mol. The fourth-order valence-electron chi connectivity index (χ4n) is 7.04. The van der Waals surface area contributed by atoms with Crippen molar-refractivity contribution in [2.75, 3.05) is 0 Å². The molecule has 2 heterocycles. The molecule has 45 heavy (non-hydrogen) atoms. The summed E-state index contributed by atoms with van der Waals surface area (Å²) in [7, 11) is 0. The van der Waals surface area contributed by atoms with E-state index in [1.54, 1.807) is 0 Å². The molecule has 0 fully saturated rings. The van der Waals surface area contributed by atoms with E-state index in [4.69, 9.17) is 15.0 Å². The van der Waals surface area contributed by atoms with E-state index < -0.39 is 0 Å². The Morgan fingerprint density at radius 2 is 1.07 bits per heavy atom. The number of nitrogens with zero attached hydrogens (tertiary/aromatic N) is 3. The lowest BCUT2D eigenvalue weighted by molar-refractivity contribution is 1.08. The monoisotopic (exact) mass is 589 g/mol. The highest BCUT2D eigenvalue weighted by molar-refractivity contribution is 7.26. The van der Waals surface area contributed by atoms with E-state index in [1.807, 2.05) is 29.5 Å². The van der Waals surface area contributed by atoms with E-state index in [0.717, 1.165) is 22.1 Å². The Morgan fingerprint density at radius 3 is 1.93 bits per heavy atom. The van der Waals surface area contributed by atoms with Crippen molar-refractivity contribution in [3.63, 3.8) is 0 Å². The lowest BCUT2D eigenvalue weighted by Gasteiger charge is -2.14. The van der Waals surface area contributed by atoms with E-state index in [2.05, 4.69) is 121 Å². The molecule has 0 N–H and O–H groups in total. The first-order chi connectivity index (χ1) is 22.3. The van der Waals surface area contributed by atoms with Gasteiger partial charge < -0.3 is 0 Å². The van der Waals surface area contributed by atoms with Gasteiger partial charge in [-0.3, -0.25) is 0 Å². The molecule has 0 unspecified atom stereocenters. The van der Waals surface area contributed by atoms with Crippen molar-refractivity contribution in [3.05, 3.63) is 140 Å². The molecular weight excluding hydrogens is 567 g/mol. The molecule has 0 amide bonds. The SMILES string of the molecule is c1ccc(-c2nc(-c3ccc4ccccc4c3)nc(-c3c4c(cc5sc6ccccc6c35)-c3cccc5cccc-4c35)n2)cc1. The van der Waals surface area contributed by atoms with Crippen molar-refractivity contribution < 1.29 is 0 Å². The third-order valence-corrected chi connectivity index (χ3v) is 10.1. The van der Waals surface area contributed by atoms with Gasteiger partial charge in [-0.2, -0.15) is 0 Å². The van der Waals surface area contributed by atoms with E-state index >= 15 is 0 Å². The van der Waals surface area contributed by atoms with E-state index in [0.29, 0.717) is 17.5 Å². The van der Waals surface area contributed by atoms with Gasteiger partial charge in [-0.1, -0.05) is 121 Å². The lowest BCUT2D eigenvalue weighted by Crippen LogP contribution is -2.01. The molecule has 1 aliphatic rings. The number of hydrogen-bond acceptors (Lipinski definition) is 4. The maximum Gasteiger partial charge on any atom is 0.165 e. The van der Waals surface area contributed by atoms with Crippen LogP contribution in [-0.2, 0) is 0 Å². The van der Waals surface area contributed by atoms with Crippen molar-refractivity contribution in [2.24, 2.45) is 0 Å². The Hall–Kier alpha value is -5.71. The van der Waals surface area contributed by atoms with Gasteiger partial charge in [0.1, 0.15) is 0 Å². The van der Waals surface area contributed by atoms with Gasteiger partial charge in [-0.25, -0.2) is 15.0 Å². The van der Waals surface area contributed by atoms with Crippen LogP contribution in [0.15, 0.2) is 140 Å². The van der Waals surface area contributed by atoms with Gasteiger partial charge >= 0.3 is 0 Å². The molecule has 2 aromatic heterocycles. The molecule has 7 aromatic carbocycles. The Kier molecular flexibility index (Phi) is 5.16. The number of fused-ring (bicyclic) bond motifs is 7. The Morgan fingerprint density at radius 1 is 0.378 bits per heavy atom. The summed E-state index contributed by atoms with van der Waals surface area (Å²) in [4.78, 5) is 15.7. The zero-order chi connectivity index (χ0) is 29.5. The molecule has 0 spiro atoms. The second-order valence-corrected chi connectivity index (χ2v) is 12.7. The van der Waals surface area contributed by atoms with Crippen molar-refractivity contribution >= 4 is 53.1 Å². The predicted molar refractivity (Wildman–Crippen MR) is 188 cm³/mol. The molecule has 0 aliphatic heterocycles. The molecule has 0 radical (unpaired) electrons. The minimum atomic E-state index is 0.669. The highest BCUT2D eigenvalue weighted by atomic mass is 32.1. The minimum Gasteiger partial charge on any atom is -0.208 e. The Bertz CT molecular complexity index is 2650. The molecule has 0 saturated carbocycles. The van der Waals surface area contributed by atoms with Crippen LogP contribution in [0.4, 0.5) is 0 Å². The number of thiophene rings is 1. The van der Waals surface area contributed by atoms with Crippen LogP contribution in [0.2, 0.25) is 0 Å². The molecule has 0 bridgehead atoms. The standard InChI is InChI=1S/C41H23N3S/c1-2-11-26(12-3-1)39-42-40(28-21-20-24-10-4-5-13-27(24)22-28)44-41(43-39)38-36-31-18-9-15-25-14-8-17-29(35(25)31)32(36)23-34-37(38)30-16-6-7-19-33(30)45-34/h1-23H. The van der Waals surface area contributed by atoms with Crippen LogP contribution >= 0.6 is 11.3 Å². The second-order valence-electron chi connectivity index (χ2n) is 11.6. The maximum absolute atomic E-state index is 5.33. The summed E-state index contributed by atoms with van der Waals surface area (Å²) < 4.78 is 2.50. The summed E-state index contributed by atoms with van der Waals surface area (Å²) in [6, 6.07) is 49.5. The predicted octanol–water partition coefficient (Wildman–Crippen LogP) is 11.2. The van der Waals surface area contributed by atoms with Crippen LogP contribution in [0.5, 0.6) is 0 Å². The maximum atomic E-state index is 5.33. The molecule has 1 aliphatic carbocycles. The number of aromatic nitrogens is 3. The number of rotatable bonds is 3. The van der Waals surface area contributed by atoms with Gasteiger partial charge in [0.15, 0.2) is 17.5 Å². The van der Waals surface area contributed by atoms with E-state index in [-0.39, 0.29) is 0 Å². The molecule has 10 rings (SSSR count). The van der Waals surface area contributed by atoms with Crippen molar-refractivity contribution in [1.29, 1.82) is 0 Å². The average Bonchev–Trinajstić information content (AvgIpc) is 3.64. The van der Waals surface area contributed by atoms with Crippen molar-refractivity contribution in [2.45, 2.75) is 0 Å². The second kappa shape index (κ2) is 9.39. The molecule has 9 aromatic rings. The highest BCUT2D eigenvalue weighted by Gasteiger charge is 2.29. The first-order valence-electron chi connectivity index (χ1n) is 15.1. The normalized spacial score (nSPS) is 12.0. The summed E-state index contributed by atoms with van der Waals surface area (Å²) >= 11 is 1.84. The van der Waals surface area contributed by atoms with Gasteiger partial charge in [-0.15, -0.1) is 11.3 Å². The van der Waals surface area contributed by atoms with Gasteiger partial charge in [0, 0.05) is 42.4 Å². The molecule has 3 nitrogen and oxygen atoms in total. The molecule has 208 valence electrons. The highest BCUT2D eigenvalue weighted by Crippen LogP contribution is 2.55. The van der Waals surface area contributed by atoms with Crippen LogP contribution in [0.1, 0.15) is 0 Å². The van der Waals surface area contributed by atoms with Crippen LogP contribution in [0, 0.1) is 0 Å². The van der Waals surface area contributed by atoms with Gasteiger partial charge in [0.2, 0.25) is 0 Å². The van der Waals surface area contributed by atoms with Gasteiger partial charge in [0.25, 0.3) is 0 Å². The lowest BCUT2D eigenvalue weighted by atomic mass is 9.93. The van der Waals surface area contributed by atoms with Crippen LogP contribution < -0.4 is 0 Å². The van der Waals surface area contributed by atoms with Gasteiger partial charge in [-0.05, 0) is 56.4 Å². The quantitative estimate of drug-likeness (QED) is 0.206. The topological polar surface area (TPSA) is 38.7 Å². The molecule has 0 saturated heterocycles. The minimum absolute atomic E-state index is 0.669. The Labute approximate surface area is 263 Å². The molecular formula is C41H23N3S. The summed E-state index contributed by atoms with van der Waals surface area (Å²) in [5.41, 5.74) is 7.96. The van der Waals surface area contributed by atoms with Crippen LogP contribution in [-0.4, -0.2) is 15.0 Å². The fraction of sp³-hybridized carbons (Fsp3) is 0. The zero-order valence-electron chi connectivity index (χ0n) is 24.0. The smallest absolute Gasteiger partial charge is 0.165 e. The van der Waals surface area contributed by atoms with Crippen LogP contribution in [0.3, 0.4) is 0 Å². The van der Waals surface area contributed by atoms with E-state index in [9.17, 15) is 0 Å². The summed E-state index contributed by atoms with van der Waals surface area (Å²) in [6.07, 6.45) is 0. The molecule has 0 atom stereocenters. The van der Waals surface area contributed by atoms with Crippen molar-refractivity contribution in [1.82, 2.24) is 15.0 Å². The number of benzene rings is 7. The molecule has 4 heteroatoms. The first kappa shape index (κ1) is 24.7. The Balaban J connectivity index is 1.35. The third kappa shape index (κ3) is 3.67. The first-order valence-corrected chi connectivity index (χ1v) is 15.9.